The molecular formula is C24H27N3O4. The number of amides is 2. The minimum atomic E-state index is -0.583. The zero-order chi connectivity index (χ0) is 22.6. The topological polar surface area (TPSA) is 84.7 Å². The second kappa shape index (κ2) is 9.04. The molecule has 0 bridgehead atoms. The molecule has 0 fully saturated rings. The van der Waals surface area contributed by atoms with Crippen molar-refractivity contribution in [3.8, 4) is 11.5 Å². The van der Waals surface area contributed by atoms with Gasteiger partial charge in [0.25, 0.3) is 5.91 Å². The molecule has 1 aromatic heterocycles. The lowest BCUT2D eigenvalue weighted by Gasteiger charge is -2.25. The summed E-state index contributed by atoms with van der Waals surface area (Å²) in [6, 6.07) is 16.7. The van der Waals surface area contributed by atoms with Gasteiger partial charge in [-0.2, -0.15) is 0 Å². The maximum Gasteiger partial charge on any atom is 0.410 e. The Hall–Kier alpha value is -3.61. The quantitative estimate of drug-likeness (QED) is 0.607. The van der Waals surface area contributed by atoms with Crippen molar-refractivity contribution in [3.05, 3.63) is 71.6 Å². The number of hydrogen-bond acceptors (Lipinski definition) is 5. The molecule has 0 aliphatic heterocycles. The predicted octanol–water partition coefficient (Wildman–Crippen LogP) is 5.27. The second-order valence-corrected chi connectivity index (χ2v) is 8.24. The highest BCUT2D eigenvalue weighted by molar-refractivity contribution is 6.04. The van der Waals surface area contributed by atoms with Crippen LogP contribution in [-0.2, 0) is 11.3 Å². The number of aromatic nitrogens is 1. The monoisotopic (exact) mass is 421 g/mol. The summed E-state index contributed by atoms with van der Waals surface area (Å²) in [6.07, 6.45) is -0.437. The molecule has 0 saturated heterocycles. The molecule has 162 valence electrons. The summed E-state index contributed by atoms with van der Waals surface area (Å²) in [5.41, 5.74) is 1.79. The van der Waals surface area contributed by atoms with Gasteiger partial charge in [-0.1, -0.05) is 36.4 Å². The highest BCUT2D eigenvalue weighted by Gasteiger charge is 2.22. The molecule has 31 heavy (non-hydrogen) atoms. The second-order valence-electron chi connectivity index (χ2n) is 8.24. The summed E-state index contributed by atoms with van der Waals surface area (Å²) >= 11 is 0. The first-order chi connectivity index (χ1) is 14.6. The van der Waals surface area contributed by atoms with Crippen molar-refractivity contribution in [2.75, 3.05) is 12.4 Å². The van der Waals surface area contributed by atoms with Crippen LogP contribution in [0.3, 0.4) is 0 Å². The molecule has 7 heteroatoms. The SMILES string of the molecule is Cc1oc(-c2ccccc2)nc1C(=O)Nc1ccccc1CN(C)C(=O)OC(C)(C)C. The molecule has 3 rings (SSSR count). The van der Waals surface area contributed by atoms with E-state index in [0.29, 0.717) is 17.3 Å². The Bertz CT molecular complexity index is 1070. The third-order valence-electron chi connectivity index (χ3n) is 4.41. The van der Waals surface area contributed by atoms with Crippen molar-refractivity contribution in [3.63, 3.8) is 0 Å². The van der Waals surface area contributed by atoms with Crippen molar-refractivity contribution < 1.29 is 18.7 Å². The molecule has 0 atom stereocenters. The van der Waals surface area contributed by atoms with Gasteiger partial charge >= 0.3 is 6.09 Å². The lowest BCUT2D eigenvalue weighted by Crippen LogP contribution is -2.34. The van der Waals surface area contributed by atoms with Crippen LogP contribution in [0.5, 0.6) is 0 Å². The number of para-hydroxylation sites is 1. The van der Waals surface area contributed by atoms with E-state index in [2.05, 4.69) is 10.3 Å². The van der Waals surface area contributed by atoms with Crippen molar-refractivity contribution in [2.45, 2.75) is 39.8 Å². The van der Waals surface area contributed by atoms with Crippen LogP contribution in [-0.4, -0.2) is 34.5 Å². The summed E-state index contributed by atoms with van der Waals surface area (Å²) in [7, 11) is 1.65. The van der Waals surface area contributed by atoms with Crippen molar-refractivity contribution in [1.29, 1.82) is 0 Å². The summed E-state index contributed by atoms with van der Waals surface area (Å²) in [6.45, 7) is 7.43. The Morgan fingerprint density at radius 2 is 1.71 bits per heavy atom. The van der Waals surface area contributed by atoms with Gasteiger partial charge in [-0.3, -0.25) is 4.79 Å². The third kappa shape index (κ3) is 5.72. The normalized spacial score (nSPS) is 11.1. The number of benzene rings is 2. The van der Waals surface area contributed by atoms with E-state index in [1.54, 1.807) is 20.0 Å². The van der Waals surface area contributed by atoms with Gasteiger partial charge in [0.05, 0.1) is 6.54 Å². The third-order valence-corrected chi connectivity index (χ3v) is 4.41. The fourth-order valence-electron chi connectivity index (χ4n) is 2.93. The number of rotatable bonds is 5. The zero-order valence-corrected chi connectivity index (χ0v) is 18.4. The van der Waals surface area contributed by atoms with E-state index in [9.17, 15) is 9.59 Å². The van der Waals surface area contributed by atoms with Gasteiger partial charge in [0.15, 0.2) is 5.69 Å². The maximum absolute atomic E-state index is 12.9. The number of oxazole rings is 1. The molecule has 0 aliphatic carbocycles. The van der Waals surface area contributed by atoms with Crippen LogP contribution in [0, 0.1) is 6.92 Å². The first-order valence-electron chi connectivity index (χ1n) is 10.0. The van der Waals surface area contributed by atoms with Gasteiger partial charge in [0, 0.05) is 18.3 Å². The molecule has 7 nitrogen and oxygen atoms in total. The van der Waals surface area contributed by atoms with E-state index in [-0.39, 0.29) is 18.1 Å². The fourth-order valence-corrected chi connectivity index (χ4v) is 2.93. The predicted molar refractivity (Wildman–Crippen MR) is 119 cm³/mol. The highest BCUT2D eigenvalue weighted by Crippen LogP contribution is 2.23. The fraction of sp³-hybridized carbons (Fsp3) is 0.292. The minimum Gasteiger partial charge on any atom is -0.444 e. The number of ether oxygens (including phenoxy) is 1. The number of anilines is 1. The number of nitrogens with zero attached hydrogens (tertiary/aromatic N) is 2. The Kier molecular flexibility index (Phi) is 6.44. The number of aryl methyl sites for hydroxylation is 1. The average molecular weight is 421 g/mol. The van der Waals surface area contributed by atoms with E-state index >= 15 is 0 Å². The minimum absolute atomic E-state index is 0.217. The van der Waals surface area contributed by atoms with Crippen molar-refractivity contribution in [2.24, 2.45) is 0 Å². The lowest BCUT2D eigenvalue weighted by atomic mass is 10.1. The van der Waals surface area contributed by atoms with Crippen LogP contribution in [0.1, 0.15) is 42.6 Å². The van der Waals surface area contributed by atoms with Gasteiger partial charge in [-0.05, 0) is 51.5 Å². The van der Waals surface area contributed by atoms with E-state index in [1.807, 2.05) is 69.3 Å². The number of carbonyl (C=O) groups excluding carboxylic acids is 2. The standard InChI is InChI=1S/C24H27N3O4/c1-16-20(26-22(30-16)17-11-7-6-8-12-17)21(28)25-19-14-10-9-13-18(19)15-27(5)23(29)31-24(2,3)4/h6-14H,15H2,1-5H3,(H,25,28). The molecule has 0 radical (unpaired) electrons. The molecule has 0 aliphatic rings. The van der Waals surface area contributed by atoms with E-state index < -0.39 is 11.7 Å². The summed E-state index contributed by atoms with van der Waals surface area (Å²) < 4.78 is 11.1. The average Bonchev–Trinajstić information content (AvgIpc) is 3.10. The Balaban J connectivity index is 1.76. The molecule has 0 unspecified atom stereocenters. The molecule has 0 saturated carbocycles. The van der Waals surface area contributed by atoms with Crippen LogP contribution in [0.25, 0.3) is 11.5 Å². The van der Waals surface area contributed by atoms with Crippen molar-refractivity contribution >= 4 is 17.7 Å². The molecular weight excluding hydrogens is 394 g/mol. The molecule has 1 N–H and O–H groups in total. The van der Waals surface area contributed by atoms with Crippen LogP contribution in [0.15, 0.2) is 59.0 Å². The van der Waals surface area contributed by atoms with E-state index in [0.717, 1.165) is 11.1 Å². The van der Waals surface area contributed by atoms with Crippen molar-refractivity contribution in [1.82, 2.24) is 9.88 Å². The Labute approximate surface area is 182 Å². The summed E-state index contributed by atoms with van der Waals surface area (Å²) in [5.74, 6) is 0.441. The number of carbonyl (C=O) groups is 2. The largest absolute Gasteiger partial charge is 0.444 e. The van der Waals surface area contributed by atoms with Crippen LogP contribution >= 0.6 is 0 Å². The summed E-state index contributed by atoms with van der Waals surface area (Å²) in [4.78, 5) is 31.0. The first kappa shape index (κ1) is 22.1. The van der Waals surface area contributed by atoms with Crippen LogP contribution in [0.4, 0.5) is 10.5 Å². The molecule has 0 spiro atoms. The van der Waals surface area contributed by atoms with Gasteiger partial charge in [-0.15, -0.1) is 0 Å². The molecule has 2 amide bonds. The van der Waals surface area contributed by atoms with Crippen LogP contribution < -0.4 is 5.32 Å². The van der Waals surface area contributed by atoms with Gasteiger partial charge in [-0.25, -0.2) is 9.78 Å². The molecule has 3 aromatic rings. The first-order valence-corrected chi connectivity index (χ1v) is 10.0. The molecule has 2 aromatic carbocycles. The maximum atomic E-state index is 12.9. The lowest BCUT2D eigenvalue weighted by molar-refractivity contribution is 0.0285. The van der Waals surface area contributed by atoms with Gasteiger partial charge in [0.1, 0.15) is 11.4 Å². The number of nitrogens with one attached hydrogen (secondary N) is 1. The Morgan fingerprint density at radius 1 is 1.06 bits per heavy atom. The van der Waals surface area contributed by atoms with E-state index in [4.69, 9.17) is 9.15 Å². The Morgan fingerprint density at radius 3 is 2.39 bits per heavy atom. The van der Waals surface area contributed by atoms with Gasteiger partial charge in [0.2, 0.25) is 5.89 Å². The van der Waals surface area contributed by atoms with E-state index in [1.165, 1.54) is 4.90 Å². The summed E-state index contributed by atoms with van der Waals surface area (Å²) in [5, 5.41) is 2.88. The smallest absolute Gasteiger partial charge is 0.410 e. The van der Waals surface area contributed by atoms with Crippen LogP contribution in [0.2, 0.25) is 0 Å². The highest BCUT2D eigenvalue weighted by atomic mass is 16.6. The van der Waals surface area contributed by atoms with Gasteiger partial charge < -0.3 is 19.4 Å². The zero-order valence-electron chi connectivity index (χ0n) is 18.4. The number of hydrogen-bond donors (Lipinski definition) is 1. The molecule has 1 heterocycles.